The number of nitrogens with two attached hydrogens (primary N) is 1. The number of ether oxygens (including phenoxy) is 2. The quantitative estimate of drug-likeness (QED) is 0.876. The summed E-state index contributed by atoms with van der Waals surface area (Å²) in [6.07, 6.45) is 0.997. The van der Waals surface area contributed by atoms with E-state index >= 15 is 0 Å². The topological polar surface area (TPSA) is 44.5 Å². The van der Waals surface area contributed by atoms with Crippen molar-refractivity contribution in [2.24, 2.45) is 5.73 Å². The fourth-order valence-electron chi connectivity index (χ4n) is 1.62. The van der Waals surface area contributed by atoms with Gasteiger partial charge in [-0.25, -0.2) is 0 Å². The van der Waals surface area contributed by atoms with E-state index in [-0.39, 0.29) is 0 Å². The van der Waals surface area contributed by atoms with E-state index in [1.807, 2.05) is 17.8 Å². The lowest BCUT2D eigenvalue weighted by molar-refractivity contribution is 0.302. The molecule has 16 heavy (non-hydrogen) atoms. The Bertz CT molecular complexity index is 368. The molecule has 0 aliphatic carbocycles. The Labute approximate surface area is 100 Å². The summed E-state index contributed by atoms with van der Waals surface area (Å²) in [5, 5.41) is 0. The standard InChI is InChI=1S/C12H17NO2S/c1-2-3-14-10-7-11-12(6-9(10)8-13)16-5-4-15-11/h6-7H,2-5,8,13H2,1H3. The molecule has 0 spiro atoms. The fraction of sp³-hybridized carbons (Fsp3) is 0.500. The van der Waals surface area contributed by atoms with Crippen LogP contribution in [0.4, 0.5) is 0 Å². The van der Waals surface area contributed by atoms with Crippen LogP contribution in [-0.2, 0) is 6.54 Å². The highest BCUT2D eigenvalue weighted by Gasteiger charge is 2.15. The van der Waals surface area contributed by atoms with E-state index in [0.717, 1.165) is 42.4 Å². The third kappa shape index (κ3) is 2.44. The molecule has 0 amide bonds. The average molecular weight is 239 g/mol. The second-order valence-corrected chi connectivity index (χ2v) is 4.79. The van der Waals surface area contributed by atoms with Crippen molar-refractivity contribution in [1.29, 1.82) is 0 Å². The van der Waals surface area contributed by atoms with Crippen molar-refractivity contribution < 1.29 is 9.47 Å². The molecule has 2 rings (SSSR count). The minimum atomic E-state index is 0.507. The zero-order valence-electron chi connectivity index (χ0n) is 9.49. The van der Waals surface area contributed by atoms with Gasteiger partial charge in [0.15, 0.2) is 0 Å². The zero-order valence-corrected chi connectivity index (χ0v) is 10.3. The molecule has 0 radical (unpaired) electrons. The van der Waals surface area contributed by atoms with Crippen LogP contribution in [0.25, 0.3) is 0 Å². The first kappa shape index (κ1) is 11.6. The maximum Gasteiger partial charge on any atom is 0.136 e. The number of benzene rings is 1. The van der Waals surface area contributed by atoms with Gasteiger partial charge >= 0.3 is 0 Å². The second kappa shape index (κ2) is 5.46. The molecule has 0 unspecified atom stereocenters. The van der Waals surface area contributed by atoms with Crippen molar-refractivity contribution in [3.05, 3.63) is 17.7 Å². The van der Waals surface area contributed by atoms with Crippen LogP contribution in [0.2, 0.25) is 0 Å². The predicted molar refractivity (Wildman–Crippen MR) is 66.3 cm³/mol. The summed E-state index contributed by atoms with van der Waals surface area (Å²) in [5.74, 6) is 2.80. The summed E-state index contributed by atoms with van der Waals surface area (Å²) < 4.78 is 11.3. The molecule has 0 fully saturated rings. The molecule has 1 heterocycles. The Morgan fingerprint density at radius 1 is 1.50 bits per heavy atom. The van der Waals surface area contributed by atoms with E-state index in [4.69, 9.17) is 15.2 Å². The summed E-state index contributed by atoms with van der Waals surface area (Å²) >= 11 is 1.81. The van der Waals surface area contributed by atoms with Gasteiger partial charge in [-0.15, -0.1) is 11.8 Å². The van der Waals surface area contributed by atoms with Gasteiger partial charge in [0.05, 0.1) is 18.1 Å². The van der Waals surface area contributed by atoms with Crippen molar-refractivity contribution >= 4 is 11.8 Å². The van der Waals surface area contributed by atoms with Crippen molar-refractivity contribution in [2.45, 2.75) is 24.8 Å². The molecule has 88 valence electrons. The van der Waals surface area contributed by atoms with E-state index in [1.54, 1.807) is 0 Å². The monoisotopic (exact) mass is 239 g/mol. The Morgan fingerprint density at radius 3 is 3.12 bits per heavy atom. The number of fused-ring (bicyclic) bond motifs is 1. The molecule has 1 aromatic carbocycles. The van der Waals surface area contributed by atoms with Gasteiger partial charge in [0.1, 0.15) is 11.5 Å². The maximum atomic E-state index is 5.73. The molecule has 0 saturated carbocycles. The van der Waals surface area contributed by atoms with Gasteiger partial charge in [0.25, 0.3) is 0 Å². The molecule has 0 bridgehead atoms. The third-order valence-electron chi connectivity index (χ3n) is 2.41. The zero-order chi connectivity index (χ0) is 11.4. The highest BCUT2D eigenvalue weighted by atomic mass is 32.2. The molecule has 1 aliphatic rings. The van der Waals surface area contributed by atoms with Gasteiger partial charge in [-0.1, -0.05) is 6.92 Å². The van der Waals surface area contributed by atoms with Crippen molar-refractivity contribution in [2.75, 3.05) is 19.0 Å². The van der Waals surface area contributed by atoms with Crippen LogP contribution in [0.15, 0.2) is 17.0 Å². The first-order valence-corrected chi connectivity index (χ1v) is 6.59. The van der Waals surface area contributed by atoms with E-state index < -0.39 is 0 Å². The van der Waals surface area contributed by atoms with E-state index in [2.05, 4.69) is 13.0 Å². The van der Waals surface area contributed by atoms with Crippen molar-refractivity contribution in [3.63, 3.8) is 0 Å². The molecule has 1 aromatic rings. The summed E-state index contributed by atoms with van der Waals surface area (Å²) in [7, 11) is 0. The van der Waals surface area contributed by atoms with E-state index in [9.17, 15) is 0 Å². The summed E-state index contributed by atoms with van der Waals surface area (Å²) in [6, 6.07) is 4.06. The van der Waals surface area contributed by atoms with Gasteiger partial charge in [0, 0.05) is 23.9 Å². The highest BCUT2D eigenvalue weighted by Crippen LogP contribution is 2.38. The van der Waals surface area contributed by atoms with Crippen LogP contribution in [-0.4, -0.2) is 19.0 Å². The SMILES string of the molecule is CCCOc1cc2c(cc1CN)SCCO2. The molecule has 1 aliphatic heterocycles. The lowest BCUT2D eigenvalue weighted by atomic mass is 10.2. The summed E-state index contributed by atoms with van der Waals surface area (Å²) in [4.78, 5) is 1.18. The van der Waals surface area contributed by atoms with Gasteiger partial charge in [-0.05, 0) is 12.5 Å². The first-order valence-electron chi connectivity index (χ1n) is 5.60. The third-order valence-corrected chi connectivity index (χ3v) is 3.41. The molecular formula is C12H17NO2S. The van der Waals surface area contributed by atoms with Crippen LogP contribution in [0, 0.1) is 0 Å². The molecule has 3 nitrogen and oxygen atoms in total. The fourth-order valence-corrected chi connectivity index (χ4v) is 2.49. The average Bonchev–Trinajstić information content (AvgIpc) is 2.35. The Morgan fingerprint density at radius 2 is 2.38 bits per heavy atom. The van der Waals surface area contributed by atoms with Crippen LogP contribution in [0.5, 0.6) is 11.5 Å². The minimum Gasteiger partial charge on any atom is -0.493 e. The largest absolute Gasteiger partial charge is 0.493 e. The summed E-state index contributed by atoms with van der Waals surface area (Å²) in [6.45, 7) is 4.09. The number of hydrogen-bond donors (Lipinski definition) is 1. The van der Waals surface area contributed by atoms with E-state index in [1.165, 1.54) is 4.90 Å². The summed E-state index contributed by atoms with van der Waals surface area (Å²) in [5.41, 5.74) is 6.79. The molecule has 0 aromatic heterocycles. The second-order valence-electron chi connectivity index (χ2n) is 3.66. The van der Waals surface area contributed by atoms with E-state index in [0.29, 0.717) is 6.54 Å². The maximum absolute atomic E-state index is 5.73. The first-order chi connectivity index (χ1) is 7.85. The van der Waals surface area contributed by atoms with Crippen LogP contribution >= 0.6 is 11.8 Å². The normalized spacial score (nSPS) is 14.1. The highest BCUT2D eigenvalue weighted by molar-refractivity contribution is 7.99. The Balaban J connectivity index is 2.28. The molecule has 2 N–H and O–H groups in total. The molecule has 4 heteroatoms. The smallest absolute Gasteiger partial charge is 0.136 e. The van der Waals surface area contributed by atoms with Crippen LogP contribution in [0.3, 0.4) is 0 Å². The van der Waals surface area contributed by atoms with Crippen molar-refractivity contribution in [3.8, 4) is 11.5 Å². The Kier molecular flexibility index (Phi) is 3.96. The lowest BCUT2D eigenvalue weighted by Gasteiger charge is -2.19. The van der Waals surface area contributed by atoms with Crippen molar-refractivity contribution in [1.82, 2.24) is 0 Å². The van der Waals surface area contributed by atoms with Gasteiger partial charge in [0.2, 0.25) is 0 Å². The Hall–Kier alpha value is -0.870. The molecular weight excluding hydrogens is 222 g/mol. The lowest BCUT2D eigenvalue weighted by Crippen LogP contribution is -2.09. The molecule has 0 atom stereocenters. The molecule has 0 saturated heterocycles. The van der Waals surface area contributed by atoms with Crippen LogP contribution < -0.4 is 15.2 Å². The van der Waals surface area contributed by atoms with Gasteiger partial charge in [-0.2, -0.15) is 0 Å². The number of hydrogen-bond acceptors (Lipinski definition) is 4. The number of rotatable bonds is 4. The van der Waals surface area contributed by atoms with Crippen LogP contribution in [0.1, 0.15) is 18.9 Å². The van der Waals surface area contributed by atoms with Gasteiger partial charge in [-0.3, -0.25) is 0 Å². The number of thioether (sulfide) groups is 1. The van der Waals surface area contributed by atoms with Gasteiger partial charge < -0.3 is 15.2 Å². The predicted octanol–water partition coefficient (Wildman–Crippen LogP) is 2.42. The minimum absolute atomic E-state index is 0.507.